The van der Waals surface area contributed by atoms with Crippen LogP contribution in [0.5, 0.6) is 0 Å². The summed E-state index contributed by atoms with van der Waals surface area (Å²) < 4.78 is 0. The van der Waals surface area contributed by atoms with Crippen molar-refractivity contribution >= 4 is 11.6 Å². The van der Waals surface area contributed by atoms with Gasteiger partial charge in [-0.05, 0) is 12.3 Å². The van der Waals surface area contributed by atoms with Crippen LogP contribution in [-0.2, 0) is 0 Å². The third kappa shape index (κ3) is 4.99. The Balaban J connectivity index is 2.48. The Bertz CT molecular complexity index is 330. The number of hydrogen-bond acceptors (Lipinski definition) is 5. The molecule has 0 bridgehead atoms. The van der Waals surface area contributed by atoms with Crippen molar-refractivity contribution in [2.24, 2.45) is 5.92 Å². The van der Waals surface area contributed by atoms with Crippen molar-refractivity contribution in [3.63, 3.8) is 0 Å². The number of hydrogen-bond donors (Lipinski definition) is 3. The van der Waals surface area contributed by atoms with Gasteiger partial charge in [-0.1, -0.05) is 20.8 Å². The molecule has 0 amide bonds. The first-order valence-corrected chi connectivity index (χ1v) is 6.11. The summed E-state index contributed by atoms with van der Waals surface area (Å²) in [7, 11) is 0. The molecule has 1 rings (SSSR count). The largest absolute Gasteiger partial charge is 0.391 e. The molecule has 0 saturated heterocycles. The summed E-state index contributed by atoms with van der Waals surface area (Å²) in [5.74, 6) is 1.68. The Kier molecular flexibility index (Phi) is 5.69. The zero-order valence-electron chi connectivity index (χ0n) is 10.8. The second-order valence-electron chi connectivity index (χ2n) is 4.41. The third-order valence-electron chi connectivity index (χ3n) is 2.45. The second-order valence-corrected chi connectivity index (χ2v) is 4.41. The molecular formula is C12H22N4O. The van der Waals surface area contributed by atoms with Crippen molar-refractivity contribution in [2.75, 3.05) is 23.7 Å². The number of aromatic nitrogens is 2. The SMILES string of the molecule is CCCNc1cncc(NCC(O)C(C)C)n1. The Morgan fingerprint density at radius 2 is 1.88 bits per heavy atom. The van der Waals surface area contributed by atoms with Gasteiger partial charge in [0.2, 0.25) is 0 Å². The van der Waals surface area contributed by atoms with Crippen molar-refractivity contribution in [1.82, 2.24) is 9.97 Å². The van der Waals surface area contributed by atoms with E-state index in [1.54, 1.807) is 12.4 Å². The smallest absolute Gasteiger partial charge is 0.147 e. The summed E-state index contributed by atoms with van der Waals surface area (Å²) >= 11 is 0. The monoisotopic (exact) mass is 238 g/mol. The zero-order chi connectivity index (χ0) is 12.7. The molecule has 1 heterocycles. The third-order valence-corrected chi connectivity index (χ3v) is 2.45. The molecule has 5 heteroatoms. The van der Waals surface area contributed by atoms with E-state index in [0.29, 0.717) is 12.4 Å². The minimum atomic E-state index is -0.371. The van der Waals surface area contributed by atoms with Crippen molar-refractivity contribution < 1.29 is 5.11 Å². The molecule has 0 aliphatic rings. The van der Waals surface area contributed by atoms with E-state index in [-0.39, 0.29) is 12.0 Å². The molecule has 0 fully saturated rings. The normalized spacial score (nSPS) is 12.5. The zero-order valence-corrected chi connectivity index (χ0v) is 10.8. The Labute approximate surface area is 103 Å². The lowest BCUT2D eigenvalue weighted by atomic mass is 10.1. The summed E-state index contributed by atoms with van der Waals surface area (Å²) in [6.07, 6.45) is 4.03. The summed E-state index contributed by atoms with van der Waals surface area (Å²) in [6.45, 7) is 7.44. The van der Waals surface area contributed by atoms with Crippen LogP contribution in [0, 0.1) is 5.92 Å². The first-order chi connectivity index (χ1) is 8.13. The van der Waals surface area contributed by atoms with Gasteiger partial charge in [0.25, 0.3) is 0 Å². The average Bonchev–Trinajstić information content (AvgIpc) is 2.33. The van der Waals surface area contributed by atoms with Crippen LogP contribution >= 0.6 is 0 Å². The fraction of sp³-hybridized carbons (Fsp3) is 0.667. The standard InChI is InChI=1S/C12H22N4O/c1-4-5-14-11-7-13-8-12(16-11)15-6-10(17)9(2)3/h7-10,17H,4-6H2,1-3H3,(H2,14,15,16). The highest BCUT2D eigenvalue weighted by molar-refractivity contribution is 5.41. The molecule has 17 heavy (non-hydrogen) atoms. The fourth-order valence-corrected chi connectivity index (χ4v) is 1.23. The highest BCUT2D eigenvalue weighted by Crippen LogP contribution is 2.08. The maximum Gasteiger partial charge on any atom is 0.147 e. The molecule has 3 N–H and O–H groups in total. The van der Waals surface area contributed by atoms with Crippen LogP contribution in [0.25, 0.3) is 0 Å². The molecule has 1 aromatic rings. The molecule has 0 aliphatic carbocycles. The van der Waals surface area contributed by atoms with Gasteiger partial charge in [-0.2, -0.15) is 0 Å². The quantitative estimate of drug-likeness (QED) is 0.675. The van der Waals surface area contributed by atoms with Crippen molar-refractivity contribution in [2.45, 2.75) is 33.3 Å². The van der Waals surface area contributed by atoms with Crippen LogP contribution in [0.3, 0.4) is 0 Å². The molecule has 0 spiro atoms. The highest BCUT2D eigenvalue weighted by atomic mass is 16.3. The predicted molar refractivity (Wildman–Crippen MR) is 70.1 cm³/mol. The molecule has 96 valence electrons. The average molecular weight is 238 g/mol. The maximum atomic E-state index is 9.67. The van der Waals surface area contributed by atoms with Crippen LogP contribution in [-0.4, -0.2) is 34.3 Å². The van der Waals surface area contributed by atoms with E-state index in [1.807, 2.05) is 13.8 Å². The lowest BCUT2D eigenvalue weighted by Crippen LogP contribution is -2.25. The Hall–Kier alpha value is -1.36. The highest BCUT2D eigenvalue weighted by Gasteiger charge is 2.08. The molecule has 0 radical (unpaired) electrons. The van der Waals surface area contributed by atoms with Gasteiger partial charge < -0.3 is 15.7 Å². The van der Waals surface area contributed by atoms with Gasteiger partial charge in [-0.3, -0.25) is 4.98 Å². The number of nitrogens with zero attached hydrogens (tertiary/aromatic N) is 2. The van der Waals surface area contributed by atoms with Gasteiger partial charge in [-0.15, -0.1) is 0 Å². The van der Waals surface area contributed by atoms with Gasteiger partial charge in [0.1, 0.15) is 11.6 Å². The van der Waals surface area contributed by atoms with Crippen molar-refractivity contribution in [3.05, 3.63) is 12.4 Å². The van der Waals surface area contributed by atoms with Gasteiger partial charge in [0.15, 0.2) is 0 Å². The van der Waals surface area contributed by atoms with E-state index >= 15 is 0 Å². The van der Waals surface area contributed by atoms with Crippen LogP contribution in [0.15, 0.2) is 12.4 Å². The van der Waals surface area contributed by atoms with Gasteiger partial charge in [0, 0.05) is 13.1 Å². The topological polar surface area (TPSA) is 70.1 Å². The summed E-state index contributed by atoms with van der Waals surface area (Å²) in [5.41, 5.74) is 0. The van der Waals surface area contributed by atoms with Crippen LogP contribution in [0.1, 0.15) is 27.2 Å². The molecule has 0 aromatic carbocycles. The first kappa shape index (κ1) is 13.7. The van der Waals surface area contributed by atoms with E-state index in [1.165, 1.54) is 0 Å². The van der Waals surface area contributed by atoms with E-state index < -0.39 is 0 Å². The fourth-order valence-electron chi connectivity index (χ4n) is 1.23. The van der Waals surface area contributed by atoms with Crippen LogP contribution < -0.4 is 10.6 Å². The van der Waals surface area contributed by atoms with E-state index in [4.69, 9.17) is 0 Å². The molecule has 0 saturated carbocycles. The summed E-state index contributed by atoms with van der Waals surface area (Å²) in [5, 5.41) is 15.9. The molecular weight excluding hydrogens is 216 g/mol. The lowest BCUT2D eigenvalue weighted by molar-refractivity contribution is 0.138. The Morgan fingerprint density at radius 1 is 1.24 bits per heavy atom. The van der Waals surface area contributed by atoms with Crippen molar-refractivity contribution in [3.8, 4) is 0 Å². The number of anilines is 2. The van der Waals surface area contributed by atoms with Crippen molar-refractivity contribution in [1.29, 1.82) is 0 Å². The number of rotatable bonds is 7. The van der Waals surface area contributed by atoms with E-state index in [0.717, 1.165) is 18.8 Å². The molecule has 1 atom stereocenters. The van der Waals surface area contributed by atoms with Gasteiger partial charge in [-0.25, -0.2) is 4.98 Å². The minimum Gasteiger partial charge on any atom is -0.391 e. The Morgan fingerprint density at radius 3 is 2.47 bits per heavy atom. The maximum absolute atomic E-state index is 9.67. The van der Waals surface area contributed by atoms with Gasteiger partial charge >= 0.3 is 0 Å². The summed E-state index contributed by atoms with van der Waals surface area (Å²) in [6, 6.07) is 0. The summed E-state index contributed by atoms with van der Waals surface area (Å²) in [4.78, 5) is 8.44. The molecule has 5 nitrogen and oxygen atoms in total. The van der Waals surface area contributed by atoms with Crippen LogP contribution in [0.2, 0.25) is 0 Å². The second kappa shape index (κ2) is 7.06. The predicted octanol–water partition coefficient (Wildman–Crippen LogP) is 1.73. The number of aliphatic hydroxyl groups excluding tert-OH is 1. The van der Waals surface area contributed by atoms with E-state index in [9.17, 15) is 5.11 Å². The first-order valence-electron chi connectivity index (χ1n) is 6.11. The molecule has 0 aliphatic heterocycles. The minimum absolute atomic E-state index is 0.233. The van der Waals surface area contributed by atoms with Gasteiger partial charge in [0.05, 0.1) is 18.5 Å². The lowest BCUT2D eigenvalue weighted by Gasteiger charge is -2.15. The number of aliphatic hydroxyl groups is 1. The molecule has 1 unspecified atom stereocenters. The number of nitrogens with one attached hydrogen (secondary N) is 2. The van der Waals surface area contributed by atoms with E-state index in [2.05, 4.69) is 27.5 Å². The molecule has 1 aromatic heterocycles. The van der Waals surface area contributed by atoms with Crippen LogP contribution in [0.4, 0.5) is 11.6 Å².